The van der Waals surface area contributed by atoms with E-state index in [-0.39, 0.29) is 18.4 Å². The van der Waals surface area contributed by atoms with Crippen molar-refractivity contribution in [2.45, 2.75) is 12.8 Å². The summed E-state index contributed by atoms with van der Waals surface area (Å²) >= 11 is 0. The van der Waals surface area contributed by atoms with E-state index in [2.05, 4.69) is 12.1 Å². The van der Waals surface area contributed by atoms with Gasteiger partial charge in [0.15, 0.2) is 6.61 Å². The van der Waals surface area contributed by atoms with Gasteiger partial charge in [-0.25, -0.2) is 0 Å². The lowest BCUT2D eigenvalue weighted by Gasteiger charge is -2.28. The van der Waals surface area contributed by atoms with E-state index in [0.29, 0.717) is 37.6 Å². The summed E-state index contributed by atoms with van der Waals surface area (Å²) in [4.78, 5) is 30.1. The Hall–Kier alpha value is -3.64. The van der Waals surface area contributed by atoms with Crippen molar-refractivity contribution in [3.8, 4) is 5.75 Å². The molecular weight excluding hydrogens is 416 g/mol. The van der Waals surface area contributed by atoms with Crippen molar-refractivity contribution in [2.24, 2.45) is 0 Å². The SMILES string of the molecule is O=C(c1ccccc1OCC(=O)N1c2ccccc2CCc2ccccc21)N1CCOCC1. The maximum Gasteiger partial charge on any atom is 0.269 e. The first-order valence-corrected chi connectivity index (χ1v) is 11.3. The average molecular weight is 443 g/mol. The van der Waals surface area contributed by atoms with E-state index in [4.69, 9.17) is 9.47 Å². The summed E-state index contributed by atoms with van der Waals surface area (Å²) in [7, 11) is 0. The van der Waals surface area contributed by atoms with Gasteiger partial charge in [-0.15, -0.1) is 0 Å². The summed E-state index contributed by atoms with van der Waals surface area (Å²) < 4.78 is 11.3. The smallest absolute Gasteiger partial charge is 0.269 e. The molecule has 6 nitrogen and oxygen atoms in total. The predicted octanol–water partition coefficient (Wildman–Crippen LogP) is 4.00. The van der Waals surface area contributed by atoms with Crippen molar-refractivity contribution in [3.05, 3.63) is 89.5 Å². The van der Waals surface area contributed by atoms with Crippen LogP contribution >= 0.6 is 0 Å². The first-order valence-electron chi connectivity index (χ1n) is 11.3. The van der Waals surface area contributed by atoms with Gasteiger partial charge in [-0.3, -0.25) is 14.5 Å². The second kappa shape index (κ2) is 9.46. The third kappa shape index (κ3) is 4.34. The normalized spacial score (nSPS) is 15.3. The number of hydrogen-bond donors (Lipinski definition) is 0. The number of benzene rings is 3. The van der Waals surface area contributed by atoms with Gasteiger partial charge in [0.1, 0.15) is 5.75 Å². The molecule has 0 atom stereocenters. The molecule has 0 saturated carbocycles. The zero-order valence-corrected chi connectivity index (χ0v) is 18.4. The highest BCUT2D eigenvalue weighted by molar-refractivity contribution is 6.03. The number of carbonyl (C=O) groups excluding carboxylic acids is 2. The van der Waals surface area contributed by atoms with Crippen LogP contribution in [0.25, 0.3) is 0 Å². The van der Waals surface area contributed by atoms with Crippen LogP contribution in [0.5, 0.6) is 5.75 Å². The van der Waals surface area contributed by atoms with Crippen LogP contribution in [0.15, 0.2) is 72.8 Å². The summed E-state index contributed by atoms with van der Waals surface area (Å²) in [5, 5.41) is 0. The van der Waals surface area contributed by atoms with Crippen LogP contribution in [-0.2, 0) is 22.4 Å². The molecule has 2 heterocycles. The highest BCUT2D eigenvalue weighted by Crippen LogP contribution is 2.36. The molecule has 6 heteroatoms. The summed E-state index contributed by atoms with van der Waals surface area (Å²) in [5.41, 5.74) is 4.49. The molecule has 168 valence electrons. The lowest BCUT2D eigenvalue weighted by Crippen LogP contribution is -2.41. The Kier molecular flexibility index (Phi) is 6.09. The van der Waals surface area contributed by atoms with Crippen LogP contribution in [0, 0.1) is 0 Å². The number of para-hydroxylation sites is 3. The number of rotatable bonds is 4. The molecule has 3 aromatic rings. The highest BCUT2D eigenvalue weighted by Gasteiger charge is 2.27. The molecule has 1 fully saturated rings. The van der Waals surface area contributed by atoms with Gasteiger partial charge in [0.05, 0.1) is 30.2 Å². The largest absolute Gasteiger partial charge is 0.483 e. The molecule has 0 radical (unpaired) electrons. The molecule has 0 bridgehead atoms. The predicted molar refractivity (Wildman–Crippen MR) is 126 cm³/mol. The fourth-order valence-corrected chi connectivity index (χ4v) is 4.46. The number of ether oxygens (including phenoxy) is 2. The van der Waals surface area contributed by atoms with Gasteiger partial charge in [0, 0.05) is 13.1 Å². The number of amides is 2. The fourth-order valence-electron chi connectivity index (χ4n) is 4.46. The van der Waals surface area contributed by atoms with Crippen LogP contribution in [0.4, 0.5) is 11.4 Å². The van der Waals surface area contributed by atoms with Gasteiger partial charge >= 0.3 is 0 Å². The van der Waals surface area contributed by atoms with Gasteiger partial charge in [-0.1, -0.05) is 48.5 Å². The van der Waals surface area contributed by atoms with Crippen molar-refractivity contribution in [3.63, 3.8) is 0 Å². The van der Waals surface area contributed by atoms with Crippen LogP contribution in [0.2, 0.25) is 0 Å². The number of morpholine rings is 1. The van der Waals surface area contributed by atoms with Gasteiger partial charge in [-0.05, 0) is 48.2 Å². The molecule has 1 saturated heterocycles. The maximum absolute atomic E-state index is 13.5. The molecule has 0 spiro atoms. The molecule has 2 amide bonds. The number of aryl methyl sites for hydroxylation is 2. The Morgan fingerprint density at radius 2 is 1.36 bits per heavy atom. The lowest BCUT2D eigenvalue weighted by atomic mass is 10.0. The second-order valence-corrected chi connectivity index (χ2v) is 8.18. The zero-order valence-electron chi connectivity index (χ0n) is 18.4. The minimum Gasteiger partial charge on any atom is -0.483 e. The van der Waals surface area contributed by atoms with Crippen LogP contribution in [0.1, 0.15) is 21.5 Å². The van der Waals surface area contributed by atoms with E-state index in [9.17, 15) is 9.59 Å². The third-order valence-corrected chi connectivity index (χ3v) is 6.15. The Morgan fingerprint density at radius 1 is 0.788 bits per heavy atom. The van der Waals surface area contributed by atoms with E-state index in [1.807, 2.05) is 48.5 Å². The Morgan fingerprint density at radius 3 is 2.03 bits per heavy atom. The van der Waals surface area contributed by atoms with Crippen molar-refractivity contribution in [1.82, 2.24) is 4.90 Å². The third-order valence-electron chi connectivity index (χ3n) is 6.15. The van der Waals surface area contributed by atoms with E-state index in [0.717, 1.165) is 35.3 Å². The van der Waals surface area contributed by atoms with Crippen LogP contribution < -0.4 is 9.64 Å². The van der Waals surface area contributed by atoms with Gasteiger partial charge in [-0.2, -0.15) is 0 Å². The number of anilines is 2. The van der Waals surface area contributed by atoms with E-state index in [1.54, 1.807) is 21.9 Å². The summed E-state index contributed by atoms with van der Waals surface area (Å²) in [6.07, 6.45) is 1.74. The molecule has 33 heavy (non-hydrogen) atoms. The molecule has 2 aliphatic heterocycles. The Labute approximate surface area is 193 Å². The Balaban J connectivity index is 1.40. The Bertz CT molecular complexity index is 1120. The number of hydrogen-bond acceptors (Lipinski definition) is 4. The van der Waals surface area contributed by atoms with E-state index >= 15 is 0 Å². The minimum atomic E-state index is -0.176. The monoisotopic (exact) mass is 442 g/mol. The first-order chi connectivity index (χ1) is 16.2. The fraction of sp³-hybridized carbons (Fsp3) is 0.259. The van der Waals surface area contributed by atoms with E-state index < -0.39 is 0 Å². The first kappa shape index (κ1) is 21.2. The minimum absolute atomic E-state index is 0.105. The summed E-state index contributed by atoms with van der Waals surface area (Å²) in [6.45, 7) is 1.99. The second-order valence-electron chi connectivity index (χ2n) is 8.18. The van der Waals surface area contributed by atoms with Gasteiger partial charge in [0.2, 0.25) is 0 Å². The molecule has 0 aliphatic carbocycles. The van der Waals surface area contributed by atoms with Crippen LogP contribution in [0.3, 0.4) is 0 Å². The summed E-state index contributed by atoms with van der Waals surface area (Å²) in [5.74, 6) is 0.135. The zero-order chi connectivity index (χ0) is 22.6. The van der Waals surface area contributed by atoms with Crippen molar-refractivity contribution >= 4 is 23.2 Å². The topological polar surface area (TPSA) is 59.1 Å². The average Bonchev–Trinajstić information content (AvgIpc) is 3.04. The van der Waals surface area contributed by atoms with Crippen molar-refractivity contribution in [2.75, 3.05) is 37.8 Å². The van der Waals surface area contributed by atoms with Crippen molar-refractivity contribution < 1.29 is 19.1 Å². The quantitative estimate of drug-likeness (QED) is 0.613. The molecule has 3 aromatic carbocycles. The molecule has 0 N–H and O–H groups in total. The number of carbonyl (C=O) groups is 2. The summed E-state index contributed by atoms with van der Waals surface area (Å²) in [6, 6.07) is 23.1. The van der Waals surface area contributed by atoms with Gasteiger partial charge in [0.25, 0.3) is 11.8 Å². The molecule has 5 rings (SSSR count). The van der Waals surface area contributed by atoms with Crippen LogP contribution in [-0.4, -0.2) is 49.6 Å². The molecular formula is C27H26N2O4. The molecule has 0 unspecified atom stereocenters. The number of fused-ring (bicyclic) bond motifs is 2. The highest BCUT2D eigenvalue weighted by atomic mass is 16.5. The molecule has 2 aliphatic rings. The standard InChI is InChI=1S/C27H26N2O4/c30-26(19-33-25-12-6-3-9-22(25)27(31)28-15-17-32-18-16-28)29-23-10-4-1-7-20(23)13-14-21-8-2-5-11-24(21)29/h1-12H,13-19H2. The van der Waals surface area contributed by atoms with E-state index in [1.165, 1.54) is 0 Å². The maximum atomic E-state index is 13.5. The van der Waals surface area contributed by atoms with Crippen molar-refractivity contribution in [1.29, 1.82) is 0 Å². The number of nitrogens with zero attached hydrogens (tertiary/aromatic N) is 2. The van der Waals surface area contributed by atoms with Gasteiger partial charge < -0.3 is 14.4 Å². The lowest BCUT2D eigenvalue weighted by molar-refractivity contribution is -0.119. The molecule has 0 aromatic heterocycles.